The Bertz CT molecular complexity index is 1250. The summed E-state index contributed by atoms with van der Waals surface area (Å²) in [5.74, 6) is 0.432. The van der Waals surface area contributed by atoms with Crippen LogP contribution in [0.1, 0.15) is 25.7 Å². The van der Waals surface area contributed by atoms with Crippen LogP contribution in [0.25, 0.3) is 16.5 Å². The lowest BCUT2D eigenvalue weighted by Crippen LogP contribution is -2.35. The number of ether oxygens (including phenoxy) is 2. The summed E-state index contributed by atoms with van der Waals surface area (Å²) in [7, 11) is 0. The summed E-state index contributed by atoms with van der Waals surface area (Å²) in [6.07, 6.45) is 6.49. The molecule has 178 valence electrons. The smallest absolute Gasteiger partial charge is 0.262 e. The Morgan fingerprint density at radius 1 is 1.03 bits per heavy atom. The predicted octanol–water partition coefficient (Wildman–Crippen LogP) is 3.97. The van der Waals surface area contributed by atoms with Gasteiger partial charge in [-0.2, -0.15) is 0 Å². The second-order valence-electron chi connectivity index (χ2n) is 9.60. The van der Waals surface area contributed by atoms with E-state index in [4.69, 9.17) is 9.47 Å². The van der Waals surface area contributed by atoms with Crippen molar-refractivity contribution in [3.63, 3.8) is 0 Å². The first-order chi connectivity index (χ1) is 16.7. The molecule has 0 aliphatic carbocycles. The van der Waals surface area contributed by atoms with Crippen molar-refractivity contribution in [1.82, 2.24) is 9.47 Å². The fourth-order valence-corrected chi connectivity index (χ4v) is 5.39. The van der Waals surface area contributed by atoms with Gasteiger partial charge < -0.3 is 14.4 Å². The molecule has 6 nitrogen and oxygen atoms in total. The number of fused-ring (bicyclic) bond motifs is 1. The molecule has 0 saturated carbocycles. The molecule has 1 unspecified atom stereocenters. The Hall–Kier alpha value is -2.90. The van der Waals surface area contributed by atoms with Crippen molar-refractivity contribution >= 4 is 16.5 Å². The number of nitrogens with zero attached hydrogens (tertiary/aromatic N) is 3. The zero-order valence-corrected chi connectivity index (χ0v) is 19.3. The van der Waals surface area contributed by atoms with Crippen molar-refractivity contribution in [3.05, 3.63) is 64.8 Å². The van der Waals surface area contributed by atoms with E-state index in [0.29, 0.717) is 35.2 Å². The summed E-state index contributed by atoms with van der Waals surface area (Å²) in [6.45, 7) is 5.36. The molecule has 0 radical (unpaired) electrons. The maximum atomic E-state index is 15.2. The number of pyridine rings is 1. The van der Waals surface area contributed by atoms with Crippen LogP contribution in [0.4, 0.5) is 10.1 Å². The lowest BCUT2D eigenvalue weighted by molar-refractivity contribution is -0.0720. The average molecular weight is 464 g/mol. The van der Waals surface area contributed by atoms with E-state index in [9.17, 15) is 4.79 Å². The lowest BCUT2D eigenvalue weighted by atomic mass is 10.1. The van der Waals surface area contributed by atoms with Crippen LogP contribution in [-0.4, -0.2) is 61.0 Å². The third kappa shape index (κ3) is 4.07. The Kier molecular flexibility index (Phi) is 5.75. The molecule has 34 heavy (non-hydrogen) atoms. The highest BCUT2D eigenvalue weighted by Crippen LogP contribution is 2.29. The van der Waals surface area contributed by atoms with Crippen LogP contribution >= 0.6 is 0 Å². The van der Waals surface area contributed by atoms with Crippen molar-refractivity contribution in [1.29, 1.82) is 0 Å². The van der Waals surface area contributed by atoms with E-state index in [1.54, 1.807) is 18.3 Å². The van der Waals surface area contributed by atoms with Gasteiger partial charge in [0.25, 0.3) is 5.56 Å². The summed E-state index contributed by atoms with van der Waals surface area (Å²) < 4.78 is 27.9. The molecule has 3 aromatic rings. The molecule has 4 heterocycles. The molecule has 3 aliphatic heterocycles. The minimum absolute atomic E-state index is 0.160. The zero-order chi connectivity index (χ0) is 23.1. The van der Waals surface area contributed by atoms with E-state index >= 15 is 4.39 Å². The predicted molar refractivity (Wildman–Crippen MR) is 131 cm³/mol. The lowest BCUT2D eigenvalue weighted by Gasteiger charge is -2.26. The van der Waals surface area contributed by atoms with E-state index < -0.39 is 0 Å². The highest BCUT2D eigenvalue weighted by atomic mass is 19.1. The van der Waals surface area contributed by atoms with Crippen LogP contribution < -0.4 is 15.2 Å². The Morgan fingerprint density at radius 2 is 1.88 bits per heavy atom. The standard InChI is InChI=1S/C27H30FN3O3/c28-25-16-20(3-6-26(25)30-12-8-21(17-30)29-10-1-2-11-29)31-13-7-19-15-22(4-5-24(19)27(31)32)34-18-23-9-14-33-23/h3-7,13,15-16,21,23H,1-2,8-12,14,17-18H2/t21-,23?/m1/s1. The molecule has 2 atom stereocenters. The summed E-state index contributed by atoms with van der Waals surface area (Å²) in [4.78, 5) is 17.8. The maximum Gasteiger partial charge on any atom is 0.262 e. The Labute approximate surface area is 198 Å². The number of anilines is 1. The van der Waals surface area contributed by atoms with E-state index in [-0.39, 0.29) is 17.5 Å². The van der Waals surface area contributed by atoms with Gasteiger partial charge in [-0.05, 0) is 74.1 Å². The number of aromatic nitrogens is 1. The van der Waals surface area contributed by atoms with E-state index in [2.05, 4.69) is 9.80 Å². The van der Waals surface area contributed by atoms with Gasteiger partial charge in [-0.25, -0.2) is 4.39 Å². The van der Waals surface area contributed by atoms with Gasteiger partial charge in [-0.3, -0.25) is 14.3 Å². The van der Waals surface area contributed by atoms with Crippen LogP contribution in [0, 0.1) is 5.82 Å². The first kappa shape index (κ1) is 21.6. The van der Waals surface area contributed by atoms with Gasteiger partial charge in [0.05, 0.1) is 17.5 Å². The summed E-state index contributed by atoms with van der Waals surface area (Å²) >= 11 is 0. The fourth-order valence-electron chi connectivity index (χ4n) is 5.39. The summed E-state index contributed by atoms with van der Waals surface area (Å²) in [5, 5.41) is 1.38. The minimum Gasteiger partial charge on any atom is -0.491 e. The van der Waals surface area contributed by atoms with Gasteiger partial charge in [-0.1, -0.05) is 0 Å². The number of likely N-dealkylation sites (tertiary alicyclic amines) is 1. The summed E-state index contributed by atoms with van der Waals surface area (Å²) in [6, 6.07) is 13.0. The van der Waals surface area contributed by atoms with Crippen LogP contribution in [0.15, 0.2) is 53.5 Å². The molecule has 0 spiro atoms. The van der Waals surface area contributed by atoms with Gasteiger partial charge in [0.1, 0.15) is 18.2 Å². The Morgan fingerprint density at radius 3 is 2.65 bits per heavy atom. The first-order valence-corrected chi connectivity index (χ1v) is 12.3. The average Bonchev–Trinajstić information content (AvgIpc) is 3.50. The van der Waals surface area contributed by atoms with Crippen LogP contribution in [0.3, 0.4) is 0 Å². The third-order valence-electron chi connectivity index (χ3n) is 7.48. The van der Waals surface area contributed by atoms with Gasteiger partial charge in [0, 0.05) is 49.8 Å². The third-order valence-corrected chi connectivity index (χ3v) is 7.48. The van der Waals surface area contributed by atoms with Crippen molar-refractivity contribution in [2.24, 2.45) is 0 Å². The fraction of sp³-hybridized carbons (Fsp3) is 0.444. The number of rotatable bonds is 6. The van der Waals surface area contributed by atoms with Crippen molar-refractivity contribution in [3.8, 4) is 11.4 Å². The first-order valence-electron chi connectivity index (χ1n) is 12.3. The zero-order valence-electron chi connectivity index (χ0n) is 19.3. The molecule has 0 bridgehead atoms. The molecule has 3 saturated heterocycles. The molecule has 0 N–H and O–H groups in total. The van der Waals surface area contributed by atoms with Crippen LogP contribution in [-0.2, 0) is 4.74 Å². The molecular weight excluding hydrogens is 433 g/mol. The number of hydrogen-bond donors (Lipinski definition) is 0. The van der Waals surface area contributed by atoms with Crippen molar-refractivity contribution < 1.29 is 13.9 Å². The molecule has 3 fully saturated rings. The molecule has 0 amide bonds. The normalized spacial score (nSPS) is 22.9. The second kappa shape index (κ2) is 9.04. The summed E-state index contributed by atoms with van der Waals surface area (Å²) in [5.41, 5.74) is 0.983. The van der Waals surface area contributed by atoms with Crippen molar-refractivity contribution in [2.75, 3.05) is 44.3 Å². The van der Waals surface area contributed by atoms with E-state index in [1.807, 2.05) is 24.3 Å². The number of benzene rings is 2. The quantitative estimate of drug-likeness (QED) is 0.554. The molecule has 7 heteroatoms. The van der Waals surface area contributed by atoms with Gasteiger partial charge in [0.15, 0.2) is 0 Å². The minimum atomic E-state index is -0.284. The van der Waals surface area contributed by atoms with Crippen LogP contribution in [0.5, 0.6) is 5.75 Å². The molecular formula is C27H30FN3O3. The van der Waals surface area contributed by atoms with Crippen LogP contribution in [0.2, 0.25) is 0 Å². The highest BCUT2D eigenvalue weighted by Gasteiger charge is 2.30. The van der Waals surface area contributed by atoms with Crippen molar-refractivity contribution in [2.45, 2.75) is 37.8 Å². The monoisotopic (exact) mass is 463 g/mol. The van der Waals surface area contributed by atoms with E-state index in [1.165, 1.54) is 23.5 Å². The topological polar surface area (TPSA) is 46.9 Å². The molecule has 1 aromatic heterocycles. The van der Waals surface area contributed by atoms with Gasteiger partial charge >= 0.3 is 0 Å². The second-order valence-corrected chi connectivity index (χ2v) is 9.60. The number of hydrogen-bond acceptors (Lipinski definition) is 5. The van der Waals surface area contributed by atoms with Gasteiger partial charge in [-0.15, -0.1) is 0 Å². The SMILES string of the molecule is O=c1c2ccc(OCC3CCO3)cc2ccn1-c1ccc(N2CC[C@@H](N3CCCC3)C2)c(F)c1. The molecule has 3 aliphatic rings. The largest absolute Gasteiger partial charge is 0.491 e. The van der Waals surface area contributed by atoms with E-state index in [0.717, 1.165) is 51.0 Å². The highest BCUT2D eigenvalue weighted by molar-refractivity contribution is 5.83. The molecule has 6 rings (SSSR count). The maximum absolute atomic E-state index is 15.2. The number of halogens is 1. The molecule has 2 aromatic carbocycles. The van der Waals surface area contributed by atoms with Gasteiger partial charge in [0.2, 0.25) is 0 Å². The Balaban J connectivity index is 1.21.